The van der Waals surface area contributed by atoms with Crippen LogP contribution in [0.25, 0.3) is 0 Å². The lowest BCUT2D eigenvalue weighted by Crippen LogP contribution is -2.28. The molecule has 0 saturated heterocycles. The summed E-state index contributed by atoms with van der Waals surface area (Å²) in [5.74, 6) is -0.568. The first kappa shape index (κ1) is 18.9. The van der Waals surface area contributed by atoms with E-state index in [2.05, 4.69) is 16.7 Å². The largest absolute Gasteiger partial charge is 0.345 e. The number of para-hydroxylation sites is 1. The van der Waals surface area contributed by atoms with Gasteiger partial charge in [0.05, 0.1) is 28.9 Å². The van der Waals surface area contributed by atoms with Crippen molar-refractivity contribution in [1.29, 1.82) is 5.26 Å². The van der Waals surface area contributed by atoms with E-state index in [9.17, 15) is 9.59 Å². The molecule has 2 amide bonds. The van der Waals surface area contributed by atoms with Crippen LogP contribution in [-0.2, 0) is 0 Å². The van der Waals surface area contributed by atoms with Crippen molar-refractivity contribution in [2.75, 3.05) is 5.32 Å². The zero-order chi connectivity index (χ0) is 19.9. The van der Waals surface area contributed by atoms with Gasteiger partial charge in [-0.3, -0.25) is 9.59 Å². The lowest BCUT2D eigenvalue weighted by molar-refractivity contribution is 0.0941. The second kappa shape index (κ2) is 8.65. The van der Waals surface area contributed by atoms with E-state index in [0.717, 1.165) is 5.56 Å². The number of benzene rings is 3. The van der Waals surface area contributed by atoms with Gasteiger partial charge < -0.3 is 10.6 Å². The summed E-state index contributed by atoms with van der Waals surface area (Å²) in [5, 5.41) is 14.6. The van der Waals surface area contributed by atoms with E-state index in [1.807, 2.05) is 25.1 Å². The summed E-state index contributed by atoms with van der Waals surface area (Å²) < 4.78 is 0. The van der Waals surface area contributed by atoms with Crippen LogP contribution in [0.2, 0.25) is 0 Å². The van der Waals surface area contributed by atoms with E-state index < -0.39 is 0 Å². The lowest BCUT2D eigenvalue weighted by atomic mass is 10.1. The van der Waals surface area contributed by atoms with Crippen molar-refractivity contribution in [3.63, 3.8) is 0 Å². The number of nitrogens with zero attached hydrogens (tertiary/aromatic N) is 1. The van der Waals surface area contributed by atoms with Gasteiger partial charge in [-0.15, -0.1) is 0 Å². The Morgan fingerprint density at radius 2 is 1.50 bits per heavy atom. The minimum atomic E-state index is -0.291. The number of anilines is 1. The fourth-order valence-corrected chi connectivity index (χ4v) is 2.78. The average molecular weight is 369 g/mol. The normalized spacial score (nSPS) is 11.1. The molecule has 5 heteroatoms. The highest BCUT2D eigenvalue weighted by atomic mass is 16.2. The van der Waals surface area contributed by atoms with E-state index >= 15 is 0 Å². The third kappa shape index (κ3) is 4.43. The maximum absolute atomic E-state index is 12.8. The fourth-order valence-electron chi connectivity index (χ4n) is 2.78. The second-order valence-electron chi connectivity index (χ2n) is 6.29. The third-order valence-corrected chi connectivity index (χ3v) is 4.34. The highest BCUT2D eigenvalue weighted by Crippen LogP contribution is 2.19. The molecule has 0 aliphatic heterocycles. The summed E-state index contributed by atoms with van der Waals surface area (Å²) >= 11 is 0. The fraction of sp³-hybridized carbons (Fsp3) is 0.0870. The molecule has 0 aliphatic rings. The standard InChI is InChI=1S/C23H19N3O2/c1-16(18-13-11-17(15-24)12-14-18)25-23(28)20-9-5-6-10-21(20)26-22(27)19-7-3-2-4-8-19/h2-14,16H,1H3,(H,25,28)(H,26,27)/t16-/m0/s1. The molecule has 5 nitrogen and oxygen atoms in total. The molecule has 0 aromatic heterocycles. The van der Waals surface area contributed by atoms with Crippen molar-refractivity contribution >= 4 is 17.5 Å². The van der Waals surface area contributed by atoms with Gasteiger partial charge >= 0.3 is 0 Å². The van der Waals surface area contributed by atoms with Crippen LogP contribution in [0, 0.1) is 11.3 Å². The molecule has 0 aliphatic carbocycles. The zero-order valence-electron chi connectivity index (χ0n) is 15.3. The molecule has 0 fully saturated rings. The van der Waals surface area contributed by atoms with Crippen LogP contribution in [0.1, 0.15) is 44.8 Å². The molecule has 138 valence electrons. The summed E-state index contributed by atoms with van der Waals surface area (Å²) in [6, 6.07) is 24.6. The molecule has 0 radical (unpaired) electrons. The predicted molar refractivity (Wildman–Crippen MR) is 108 cm³/mol. The molecule has 3 aromatic rings. The van der Waals surface area contributed by atoms with Crippen molar-refractivity contribution in [3.8, 4) is 6.07 Å². The number of amides is 2. The van der Waals surface area contributed by atoms with Crippen LogP contribution in [0.15, 0.2) is 78.9 Å². The molecule has 28 heavy (non-hydrogen) atoms. The van der Waals surface area contributed by atoms with Crippen LogP contribution in [-0.4, -0.2) is 11.8 Å². The van der Waals surface area contributed by atoms with Crippen molar-refractivity contribution in [3.05, 3.63) is 101 Å². The number of carbonyl (C=O) groups excluding carboxylic acids is 2. The third-order valence-electron chi connectivity index (χ3n) is 4.34. The van der Waals surface area contributed by atoms with Crippen molar-refractivity contribution in [2.24, 2.45) is 0 Å². The molecule has 0 spiro atoms. The van der Waals surface area contributed by atoms with E-state index in [1.165, 1.54) is 0 Å². The number of hydrogen-bond donors (Lipinski definition) is 2. The lowest BCUT2D eigenvalue weighted by Gasteiger charge is -2.16. The monoisotopic (exact) mass is 369 g/mol. The molecule has 1 atom stereocenters. The first-order valence-corrected chi connectivity index (χ1v) is 8.85. The number of nitriles is 1. The SMILES string of the molecule is C[C@H](NC(=O)c1ccccc1NC(=O)c1ccccc1)c1ccc(C#N)cc1. The Hall–Kier alpha value is -3.91. The Kier molecular flexibility index (Phi) is 5.83. The molecule has 0 bridgehead atoms. The summed E-state index contributed by atoms with van der Waals surface area (Å²) in [5.41, 5.74) is 2.80. The summed E-state index contributed by atoms with van der Waals surface area (Å²) in [6.45, 7) is 1.87. The molecule has 0 heterocycles. The van der Waals surface area contributed by atoms with Gasteiger partial charge in [-0.1, -0.05) is 42.5 Å². The van der Waals surface area contributed by atoms with Crippen LogP contribution < -0.4 is 10.6 Å². The molecule has 3 aromatic carbocycles. The van der Waals surface area contributed by atoms with Gasteiger partial charge in [-0.2, -0.15) is 5.26 Å². The van der Waals surface area contributed by atoms with Crippen molar-refractivity contribution in [1.82, 2.24) is 5.32 Å². The first-order valence-electron chi connectivity index (χ1n) is 8.85. The van der Waals surface area contributed by atoms with Crippen LogP contribution in [0.5, 0.6) is 0 Å². The molecule has 0 saturated carbocycles. The quantitative estimate of drug-likeness (QED) is 0.703. The Morgan fingerprint density at radius 1 is 0.857 bits per heavy atom. The van der Waals surface area contributed by atoms with Gasteiger partial charge in [0, 0.05) is 5.56 Å². The molecule has 0 unspecified atom stereocenters. The van der Waals surface area contributed by atoms with E-state index in [1.54, 1.807) is 60.7 Å². The summed E-state index contributed by atoms with van der Waals surface area (Å²) in [4.78, 5) is 25.2. The maximum atomic E-state index is 12.8. The van der Waals surface area contributed by atoms with Gasteiger partial charge in [-0.25, -0.2) is 0 Å². The van der Waals surface area contributed by atoms with E-state index in [4.69, 9.17) is 5.26 Å². The smallest absolute Gasteiger partial charge is 0.255 e. The average Bonchev–Trinajstić information content (AvgIpc) is 2.74. The van der Waals surface area contributed by atoms with Gasteiger partial charge in [0.15, 0.2) is 0 Å². The Bertz CT molecular complexity index is 1020. The number of carbonyl (C=O) groups is 2. The summed E-state index contributed by atoms with van der Waals surface area (Å²) in [7, 11) is 0. The minimum Gasteiger partial charge on any atom is -0.345 e. The van der Waals surface area contributed by atoms with Crippen molar-refractivity contribution < 1.29 is 9.59 Å². The second-order valence-corrected chi connectivity index (χ2v) is 6.29. The van der Waals surface area contributed by atoms with Crippen molar-refractivity contribution in [2.45, 2.75) is 13.0 Å². The van der Waals surface area contributed by atoms with Gasteiger partial charge in [0.1, 0.15) is 0 Å². The molecular formula is C23H19N3O2. The predicted octanol–water partition coefficient (Wildman–Crippen LogP) is 4.30. The van der Waals surface area contributed by atoms with Gasteiger partial charge in [0.2, 0.25) is 0 Å². The van der Waals surface area contributed by atoms with Crippen LogP contribution in [0.3, 0.4) is 0 Å². The molecular weight excluding hydrogens is 350 g/mol. The molecule has 2 N–H and O–H groups in total. The number of rotatable bonds is 5. The highest BCUT2D eigenvalue weighted by molar-refractivity contribution is 6.09. The summed E-state index contributed by atoms with van der Waals surface area (Å²) in [6.07, 6.45) is 0. The minimum absolute atomic E-state index is 0.252. The maximum Gasteiger partial charge on any atom is 0.255 e. The Balaban J connectivity index is 1.75. The van der Waals surface area contributed by atoms with Gasteiger partial charge in [-0.05, 0) is 48.9 Å². The topological polar surface area (TPSA) is 82.0 Å². The van der Waals surface area contributed by atoms with Gasteiger partial charge in [0.25, 0.3) is 11.8 Å². The Morgan fingerprint density at radius 3 is 2.18 bits per heavy atom. The number of hydrogen-bond acceptors (Lipinski definition) is 3. The number of nitrogens with one attached hydrogen (secondary N) is 2. The van der Waals surface area contributed by atoms with E-state index in [0.29, 0.717) is 22.4 Å². The first-order chi connectivity index (χ1) is 13.6. The highest BCUT2D eigenvalue weighted by Gasteiger charge is 2.16. The Labute approximate surface area is 163 Å². The molecule has 3 rings (SSSR count). The van der Waals surface area contributed by atoms with E-state index in [-0.39, 0.29) is 17.9 Å². The van der Waals surface area contributed by atoms with Crippen LogP contribution in [0.4, 0.5) is 5.69 Å². The van der Waals surface area contributed by atoms with Crippen LogP contribution >= 0.6 is 0 Å². The zero-order valence-corrected chi connectivity index (χ0v) is 15.3.